The minimum absolute atomic E-state index is 0.103. The standard InChI is InChI=1S/C16H25N3O2/c1-21-10-8-17-16(20)18-11-15-7-9-19(13-15)12-14-5-3-2-4-6-14/h2-6,15H,7-13H2,1H3,(H2,17,18,20). The second kappa shape index (κ2) is 8.64. The summed E-state index contributed by atoms with van der Waals surface area (Å²) in [7, 11) is 1.62. The number of methoxy groups -OCH3 is 1. The Bertz CT molecular complexity index is 425. The summed E-state index contributed by atoms with van der Waals surface area (Å²) in [5.41, 5.74) is 1.35. The van der Waals surface area contributed by atoms with Crippen LogP contribution >= 0.6 is 0 Å². The summed E-state index contributed by atoms with van der Waals surface area (Å²) in [5, 5.41) is 5.71. The van der Waals surface area contributed by atoms with Gasteiger partial charge in [-0.25, -0.2) is 4.79 Å². The lowest BCUT2D eigenvalue weighted by Gasteiger charge is -2.16. The van der Waals surface area contributed by atoms with Crippen molar-refractivity contribution in [2.24, 2.45) is 5.92 Å². The third kappa shape index (κ3) is 5.73. The van der Waals surface area contributed by atoms with Crippen LogP contribution in [0.1, 0.15) is 12.0 Å². The first-order chi connectivity index (χ1) is 10.3. The number of nitrogens with zero attached hydrogens (tertiary/aromatic N) is 1. The summed E-state index contributed by atoms with van der Waals surface area (Å²) in [4.78, 5) is 14.0. The molecule has 1 heterocycles. The third-order valence-corrected chi connectivity index (χ3v) is 3.76. The van der Waals surface area contributed by atoms with Gasteiger partial charge < -0.3 is 15.4 Å². The average Bonchev–Trinajstić information content (AvgIpc) is 2.94. The largest absolute Gasteiger partial charge is 0.383 e. The Balaban J connectivity index is 1.63. The second-order valence-electron chi connectivity index (χ2n) is 5.51. The number of hydrogen-bond donors (Lipinski definition) is 2. The number of nitrogens with one attached hydrogen (secondary N) is 2. The van der Waals surface area contributed by atoms with Crippen molar-refractivity contribution in [3.63, 3.8) is 0 Å². The molecule has 1 aromatic carbocycles. The van der Waals surface area contributed by atoms with Crippen LogP contribution in [-0.2, 0) is 11.3 Å². The zero-order valence-corrected chi connectivity index (χ0v) is 12.7. The highest BCUT2D eigenvalue weighted by atomic mass is 16.5. The molecule has 1 fully saturated rings. The van der Waals surface area contributed by atoms with Crippen molar-refractivity contribution < 1.29 is 9.53 Å². The maximum absolute atomic E-state index is 11.6. The monoisotopic (exact) mass is 291 g/mol. The molecule has 1 unspecified atom stereocenters. The molecule has 2 amide bonds. The van der Waals surface area contributed by atoms with Gasteiger partial charge in [-0.2, -0.15) is 0 Å². The smallest absolute Gasteiger partial charge is 0.314 e. The Morgan fingerprint density at radius 3 is 2.90 bits per heavy atom. The highest BCUT2D eigenvalue weighted by Gasteiger charge is 2.22. The van der Waals surface area contributed by atoms with E-state index in [-0.39, 0.29) is 6.03 Å². The summed E-state index contributed by atoms with van der Waals surface area (Å²) in [6.07, 6.45) is 1.14. The van der Waals surface area contributed by atoms with Crippen LogP contribution in [0.3, 0.4) is 0 Å². The van der Waals surface area contributed by atoms with Crippen LogP contribution in [0, 0.1) is 5.92 Å². The number of carbonyl (C=O) groups excluding carboxylic acids is 1. The van der Waals surface area contributed by atoms with E-state index in [0.29, 0.717) is 19.1 Å². The summed E-state index contributed by atoms with van der Waals surface area (Å²) in [6.45, 7) is 4.98. The van der Waals surface area contributed by atoms with Crippen molar-refractivity contribution in [3.8, 4) is 0 Å². The first kappa shape index (κ1) is 15.8. The van der Waals surface area contributed by atoms with Gasteiger partial charge in [-0.15, -0.1) is 0 Å². The molecule has 5 heteroatoms. The quantitative estimate of drug-likeness (QED) is 0.748. The molecule has 5 nitrogen and oxygen atoms in total. The molecule has 0 saturated carbocycles. The van der Waals surface area contributed by atoms with Crippen molar-refractivity contribution in [2.75, 3.05) is 39.9 Å². The lowest BCUT2D eigenvalue weighted by Crippen LogP contribution is -2.40. The number of likely N-dealkylation sites (tertiary alicyclic amines) is 1. The van der Waals surface area contributed by atoms with Crippen LogP contribution in [-0.4, -0.2) is 50.8 Å². The van der Waals surface area contributed by atoms with Crippen LogP contribution in [0.15, 0.2) is 30.3 Å². The Kier molecular flexibility index (Phi) is 6.50. The van der Waals surface area contributed by atoms with Gasteiger partial charge in [-0.1, -0.05) is 30.3 Å². The molecule has 2 rings (SSSR count). The van der Waals surface area contributed by atoms with E-state index in [0.717, 1.165) is 32.6 Å². The molecule has 1 aromatic rings. The first-order valence-corrected chi connectivity index (χ1v) is 7.55. The lowest BCUT2D eigenvalue weighted by molar-refractivity contribution is 0.195. The maximum Gasteiger partial charge on any atom is 0.314 e. The highest BCUT2D eigenvalue weighted by molar-refractivity contribution is 5.73. The van der Waals surface area contributed by atoms with Crippen LogP contribution in [0.25, 0.3) is 0 Å². The molecule has 0 aliphatic carbocycles. The predicted molar refractivity (Wildman–Crippen MR) is 83.1 cm³/mol. The molecule has 1 saturated heterocycles. The van der Waals surface area contributed by atoms with Crippen molar-refractivity contribution in [1.29, 1.82) is 0 Å². The Labute approximate surface area is 126 Å². The molecule has 0 radical (unpaired) electrons. The van der Waals surface area contributed by atoms with E-state index in [1.54, 1.807) is 7.11 Å². The van der Waals surface area contributed by atoms with E-state index >= 15 is 0 Å². The van der Waals surface area contributed by atoms with Gasteiger partial charge in [-0.05, 0) is 24.4 Å². The van der Waals surface area contributed by atoms with Crippen molar-refractivity contribution in [1.82, 2.24) is 15.5 Å². The van der Waals surface area contributed by atoms with Gasteiger partial charge in [0.2, 0.25) is 0 Å². The number of benzene rings is 1. The molecule has 2 N–H and O–H groups in total. The minimum atomic E-state index is -0.103. The molecule has 1 aliphatic heterocycles. The van der Waals surface area contributed by atoms with Crippen LogP contribution in [0.4, 0.5) is 4.79 Å². The van der Waals surface area contributed by atoms with E-state index in [2.05, 4.69) is 39.8 Å². The second-order valence-corrected chi connectivity index (χ2v) is 5.51. The number of amides is 2. The Hall–Kier alpha value is -1.59. The SMILES string of the molecule is COCCNC(=O)NCC1CCN(Cc2ccccc2)C1. The van der Waals surface area contributed by atoms with E-state index in [9.17, 15) is 4.79 Å². The number of ether oxygens (including phenoxy) is 1. The highest BCUT2D eigenvalue weighted by Crippen LogP contribution is 2.17. The topological polar surface area (TPSA) is 53.6 Å². The number of rotatable bonds is 7. The van der Waals surface area contributed by atoms with Gasteiger partial charge in [0.15, 0.2) is 0 Å². The summed E-state index contributed by atoms with van der Waals surface area (Å²) >= 11 is 0. The van der Waals surface area contributed by atoms with Gasteiger partial charge in [0.1, 0.15) is 0 Å². The number of carbonyl (C=O) groups is 1. The molecular weight excluding hydrogens is 266 g/mol. The van der Waals surface area contributed by atoms with Gasteiger partial charge in [-0.3, -0.25) is 4.90 Å². The zero-order valence-electron chi connectivity index (χ0n) is 12.7. The Morgan fingerprint density at radius 2 is 2.14 bits per heavy atom. The van der Waals surface area contributed by atoms with Gasteiger partial charge in [0.25, 0.3) is 0 Å². The summed E-state index contributed by atoms with van der Waals surface area (Å²) in [5.74, 6) is 0.543. The molecule has 0 aromatic heterocycles. The number of urea groups is 1. The minimum Gasteiger partial charge on any atom is -0.383 e. The van der Waals surface area contributed by atoms with Gasteiger partial charge in [0, 0.05) is 33.3 Å². The summed E-state index contributed by atoms with van der Waals surface area (Å²) < 4.78 is 4.89. The molecule has 1 aliphatic rings. The average molecular weight is 291 g/mol. The van der Waals surface area contributed by atoms with Crippen molar-refractivity contribution in [2.45, 2.75) is 13.0 Å². The lowest BCUT2D eigenvalue weighted by atomic mass is 10.1. The molecule has 1 atom stereocenters. The van der Waals surface area contributed by atoms with Gasteiger partial charge in [0.05, 0.1) is 6.61 Å². The zero-order chi connectivity index (χ0) is 14.9. The van der Waals surface area contributed by atoms with E-state index < -0.39 is 0 Å². The van der Waals surface area contributed by atoms with E-state index in [1.807, 2.05) is 6.07 Å². The van der Waals surface area contributed by atoms with Crippen molar-refractivity contribution >= 4 is 6.03 Å². The van der Waals surface area contributed by atoms with E-state index in [1.165, 1.54) is 5.56 Å². The fraction of sp³-hybridized carbons (Fsp3) is 0.562. The van der Waals surface area contributed by atoms with Crippen LogP contribution in [0.2, 0.25) is 0 Å². The third-order valence-electron chi connectivity index (χ3n) is 3.76. The van der Waals surface area contributed by atoms with Gasteiger partial charge >= 0.3 is 6.03 Å². The normalized spacial score (nSPS) is 18.6. The molecule has 0 bridgehead atoms. The molecule has 0 spiro atoms. The molecule has 116 valence electrons. The molecule has 21 heavy (non-hydrogen) atoms. The van der Waals surface area contributed by atoms with Crippen LogP contribution < -0.4 is 10.6 Å². The summed E-state index contributed by atoms with van der Waals surface area (Å²) in [6, 6.07) is 10.4. The fourth-order valence-electron chi connectivity index (χ4n) is 2.63. The Morgan fingerprint density at radius 1 is 1.33 bits per heavy atom. The predicted octanol–water partition coefficient (Wildman–Crippen LogP) is 1.45. The van der Waals surface area contributed by atoms with Crippen LogP contribution in [0.5, 0.6) is 0 Å². The maximum atomic E-state index is 11.6. The first-order valence-electron chi connectivity index (χ1n) is 7.55. The molecular formula is C16H25N3O2. The van der Waals surface area contributed by atoms with E-state index in [4.69, 9.17) is 4.74 Å². The number of hydrogen-bond acceptors (Lipinski definition) is 3. The fourth-order valence-corrected chi connectivity index (χ4v) is 2.63. The van der Waals surface area contributed by atoms with Crippen molar-refractivity contribution in [3.05, 3.63) is 35.9 Å².